The number of alkyl halides is 3. The Balaban J connectivity index is 2.74. The summed E-state index contributed by atoms with van der Waals surface area (Å²) >= 11 is 0. The molecule has 2 saturated carbocycles. The van der Waals surface area contributed by atoms with E-state index < -0.39 is 52.9 Å². The maximum atomic E-state index is 14.0. The van der Waals surface area contributed by atoms with Crippen molar-refractivity contribution in [2.45, 2.75) is 95.5 Å². The molecule has 6 nitrogen and oxygen atoms in total. The van der Waals surface area contributed by atoms with E-state index in [9.17, 15) is 31.5 Å². The van der Waals surface area contributed by atoms with Crippen LogP contribution < -0.4 is 0 Å². The third-order valence-corrected chi connectivity index (χ3v) is 14.5. The Labute approximate surface area is 238 Å². The topological polar surface area (TPSA) is 89.9 Å². The lowest BCUT2D eigenvalue weighted by atomic mass is 9.72. The molecule has 2 aliphatic rings. The third kappa shape index (κ3) is 6.52. The van der Waals surface area contributed by atoms with Gasteiger partial charge in [-0.05, 0) is 68.7 Å². The minimum atomic E-state index is -6.04. The van der Waals surface area contributed by atoms with Crippen LogP contribution in [0.2, 0.25) is 18.1 Å². The highest BCUT2D eigenvalue weighted by atomic mass is 32.2. The van der Waals surface area contributed by atoms with Crippen LogP contribution in [0, 0.1) is 23.7 Å². The second kappa shape index (κ2) is 14.0. The van der Waals surface area contributed by atoms with Crippen molar-refractivity contribution in [2.24, 2.45) is 23.7 Å². The first-order valence-corrected chi connectivity index (χ1v) is 18.2. The van der Waals surface area contributed by atoms with Crippen LogP contribution in [0.5, 0.6) is 0 Å². The second-order valence-corrected chi connectivity index (χ2v) is 17.0. The highest BCUT2D eigenvalue weighted by molar-refractivity contribution is 7.87. The van der Waals surface area contributed by atoms with Gasteiger partial charge in [0.2, 0.25) is 0 Å². The minimum absolute atomic E-state index is 0.132. The lowest BCUT2D eigenvalue weighted by molar-refractivity contribution is -0.123. The zero-order valence-corrected chi connectivity index (χ0v) is 26.0. The summed E-state index contributed by atoms with van der Waals surface area (Å²) in [6, 6.07) is 2.28. The van der Waals surface area contributed by atoms with Gasteiger partial charge >= 0.3 is 15.6 Å². The fraction of sp³-hybridized carbons (Fsp3) is 0.690. The van der Waals surface area contributed by atoms with E-state index in [-0.39, 0.29) is 24.0 Å². The number of carbonyl (C=O) groups is 1. The van der Waals surface area contributed by atoms with E-state index in [0.717, 1.165) is 49.9 Å². The molecule has 0 amide bonds. The maximum Gasteiger partial charge on any atom is 0.534 e. The molecule has 11 heteroatoms. The number of rotatable bonds is 17. The predicted octanol–water partition coefficient (Wildman–Crippen LogP) is 7.21. The van der Waals surface area contributed by atoms with Crippen LogP contribution in [0.3, 0.4) is 0 Å². The number of allylic oxidation sites excluding steroid dienone is 3. The molecule has 0 spiro atoms. The zero-order chi connectivity index (χ0) is 30.4. The highest BCUT2D eigenvalue weighted by Gasteiger charge is 2.71. The molecule has 2 aliphatic carbocycles. The quantitative estimate of drug-likeness (QED) is 0.0358. The molecule has 0 aliphatic heterocycles. The van der Waals surface area contributed by atoms with Crippen molar-refractivity contribution in [3.63, 3.8) is 0 Å². The van der Waals surface area contributed by atoms with Crippen molar-refractivity contribution in [3.8, 4) is 0 Å². The van der Waals surface area contributed by atoms with E-state index in [1.165, 1.54) is 0 Å². The number of aliphatic hydroxyl groups excluding tert-OH is 1. The monoisotopic (exact) mass is 606 g/mol. The van der Waals surface area contributed by atoms with Crippen molar-refractivity contribution in [1.29, 1.82) is 0 Å². The van der Waals surface area contributed by atoms with Crippen molar-refractivity contribution < 1.29 is 40.1 Å². The maximum absolute atomic E-state index is 14.0. The average Bonchev–Trinajstić information content (AvgIpc) is 3.30. The van der Waals surface area contributed by atoms with Gasteiger partial charge in [0.25, 0.3) is 0 Å². The van der Waals surface area contributed by atoms with Crippen molar-refractivity contribution >= 4 is 24.2 Å². The molecule has 40 heavy (non-hydrogen) atoms. The number of unbranched alkanes of at least 4 members (excludes halogenated alkanes) is 3. The van der Waals surface area contributed by atoms with Crippen molar-refractivity contribution in [2.75, 3.05) is 6.61 Å². The lowest BCUT2D eigenvalue weighted by Crippen LogP contribution is -2.50. The van der Waals surface area contributed by atoms with Gasteiger partial charge in [-0.2, -0.15) is 21.6 Å². The first-order valence-electron chi connectivity index (χ1n) is 14.3. The number of Topliss-reactive ketones (excluding diaryl/α,β-unsaturated/α-hetero) is 1. The van der Waals surface area contributed by atoms with Crippen LogP contribution in [0.1, 0.15) is 66.2 Å². The first kappa shape index (κ1) is 34.5. The number of carbonyl (C=O) groups excluding carboxylic acids is 1. The van der Waals surface area contributed by atoms with Gasteiger partial charge in [-0.25, -0.2) is 0 Å². The average molecular weight is 607 g/mol. The minimum Gasteiger partial charge on any atom is -0.407 e. The Hall–Kier alpha value is -1.69. The number of halogens is 3. The van der Waals surface area contributed by atoms with Gasteiger partial charge in [-0.3, -0.25) is 4.79 Å². The number of ketones is 1. The van der Waals surface area contributed by atoms with Gasteiger partial charge in [-0.15, -0.1) is 6.58 Å². The molecule has 0 saturated heterocycles. The number of hydrogen-bond acceptors (Lipinski definition) is 6. The van der Waals surface area contributed by atoms with Crippen LogP contribution in [-0.4, -0.2) is 45.3 Å². The fourth-order valence-electron chi connectivity index (χ4n) is 6.81. The molecule has 0 heterocycles. The molecule has 5 atom stereocenters. The molecule has 0 unspecified atom stereocenters. The van der Waals surface area contributed by atoms with Crippen molar-refractivity contribution in [1.82, 2.24) is 0 Å². The molecule has 2 bridgehead atoms. The summed E-state index contributed by atoms with van der Waals surface area (Å²) in [4.78, 5) is 14.0. The van der Waals surface area contributed by atoms with E-state index >= 15 is 0 Å². The first-order chi connectivity index (χ1) is 18.8. The Bertz CT molecular complexity index is 1070. The van der Waals surface area contributed by atoms with Crippen LogP contribution in [-0.2, 0) is 23.5 Å². The SMILES string of the molecule is C=C/C(OS(=O)(=O)C(F)(F)F)=C1\C(=O)[C@@H]2[C@H](CCO)[C@@H](CCCCC/C=C/C)[C@H]1[C@@]2(C=C)O[Si](CC)(CC)CC. The van der Waals surface area contributed by atoms with Gasteiger partial charge in [0.1, 0.15) is 5.76 Å². The molecule has 0 aromatic heterocycles. The Morgan fingerprint density at radius 2 is 1.65 bits per heavy atom. The van der Waals surface area contributed by atoms with Gasteiger partial charge in [0.15, 0.2) is 14.1 Å². The normalized spacial score (nSPS) is 28.4. The molecule has 0 aromatic carbocycles. The standard InChI is InChI=1S/C29H45F3O6SSi/c1-7-13-14-15-16-17-18-21-22(19-20-33)26-27(34)24(23(8-2)37-39(35,36)29(30,31)32)25(21)28(26,9-3)38-40(10-4,11-5)12-6/h7-9,13,21-22,25-26,33H,2-3,10-12,14-20H2,1,4-6H3/b13-7+,24-23+/t21-,22-,25-,26+,28-/m1/s1. The third-order valence-electron chi connectivity index (χ3n) is 8.92. The van der Waals surface area contributed by atoms with Gasteiger partial charge in [-0.1, -0.05) is 58.4 Å². The van der Waals surface area contributed by atoms with Gasteiger partial charge in [0.05, 0.1) is 11.5 Å². The number of hydrogen-bond donors (Lipinski definition) is 1. The van der Waals surface area contributed by atoms with E-state index in [4.69, 9.17) is 4.43 Å². The molecule has 2 fully saturated rings. The fourth-order valence-corrected chi connectivity index (χ4v) is 10.3. The summed E-state index contributed by atoms with van der Waals surface area (Å²) in [7, 11) is -8.45. The zero-order valence-electron chi connectivity index (χ0n) is 24.1. The summed E-state index contributed by atoms with van der Waals surface area (Å²) in [6.07, 6.45) is 11.1. The van der Waals surface area contributed by atoms with Crippen LogP contribution >= 0.6 is 0 Å². The summed E-state index contributed by atoms with van der Waals surface area (Å²) in [5.74, 6) is -3.39. The Kier molecular flexibility index (Phi) is 12.1. The van der Waals surface area contributed by atoms with Crippen LogP contribution in [0.4, 0.5) is 13.2 Å². The van der Waals surface area contributed by atoms with Crippen molar-refractivity contribution in [3.05, 3.63) is 48.8 Å². The summed E-state index contributed by atoms with van der Waals surface area (Å²) in [5, 5.41) is 9.97. The molecule has 0 radical (unpaired) electrons. The largest absolute Gasteiger partial charge is 0.534 e. The highest BCUT2D eigenvalue weighted by Crippen LogP contribution is 2.65. The molecular weight excluding hydrogens is 561 g/mol. The summed E-state index contributed by atoms with van der Waals surface area (Å²) in [6.45, 7) is 15.4. The van der Waals surface area contributed by atoms with Crippen LogP contribution in [0.15, 0.2) is 48.8 Å². The molecule has 2 rings (SSSR count). The summed E-state index contributed by atoms with van der Waals surface area (Å²) < 4.78 is 75.5. The van der Waals surface area contributed by atoms with E-state index in [2.05, 4.69) is 23.4 Å². The number of aliphatic hydroxyl groups is 1. The Morgan fingerprint density at radius 1 is 1.05 bits per heavy atom. The molecule has 0 aromatic rings. The molecular formula is C29H45F3O6SSi. The van der Waals surface area contributed by atoms with Gasteiger partial charge < -0.3 is 13.7 Å². The molecule has 1 N–H and O–H groups in total. The second-order valence-electron chi connectivity index (χ2n) is 10.7. The van der Waals surface area contributed by atoms with E-state index in [1.807, 2.05) is 33.8 Å². The van der Waals surface area contributed by atoms with E-state index in [1.54, 1.807) is 6.08 Å². The number of fused-ring (bicyclic) bond motifs is 2. The smallest absolute Gasteiger partial charge is 0.407 e. The van der Waals surface area contributed by atoms with Crippen LogP contribution in [0.25, 0.3) is 0 Å². The lowest BCUT2D eigenvalue weighted by Gasteiger charge is -2.42. The Morgan fingerprint density at radius 3 is 2.12 bits per heavy atom. The van der Waals surface area contributed by atoms with E-state index in [0.29, 0.717) is 12.8 Å². The van der Waals surface area contributed by atoms with Gasteiger partial charge in [0, 0.05) is 18.1 Å². The summed E-state index contributed by atoms with van der Waals surface area (Å²) in [5.41, 5.74) is -7.04. The predicted molar refractivity (Wildman–Crippen MR) is 153 cm³/mol. The molecule has 228 valence electrons.